The topological polar surface area (TPSA) is 138 Å². The number of amidine groups is 1. The number of piperidine rings is 2. The number of aliphatic hydroxyl groups is 1. The second-order valence-corrected chi connectivity index (χ2v) is 15.6. The van der Waals surface area contributed by atoms with Gasteiger partial charge >= 0.3 is 12.5 Å². The molecule has 0 atom stereocenters. The van der Waals surface area contributed by atoms with Crippen molar-refractivity contribution in [3.05, 3.63) is 63.6 Å². The second-order valence-electron chi connectivity index (χ2n) is 13.8. The number of hydrogen-bond donors (Lipinski definition) is 2. The molecule has 0 saturated carbocycles. The Morgan fingerprint density at radius 3 is 2.19 bits per heavy atom. The summed E-state index contributed by atoms with van der Waals surface area (Å²) in [5.41, 5.74) is 0.418. The van der Waals surface area contributed by atoms with Gasteiger partial charge in [0.15, 0.2) is 11.5 Å². The van der Waals surface area contributed by atoms with Gasteiger partial charge in [0.05, 0.1) is 12.2 Å². The van der Waals surface area contributed by atoms with Crippen LogP contribution in [-0.2, 0) is 14.8 Å². The number of nitrogens with one attached hydrogen (secondary N) is 1. The van der Waals surface area contributed by atoms with E-state index >= 15 is 0 Å². The molecule has 2 N–H and O–H groups in total. The highest BCUT2D eigenvalue weighted by molar-refractivity contribution is 7.92. The number of carbonyl (C=O) groups excluding carboxylic acids is 2. The number of benzene rings is 2. The Bertz CT molecular complexity index is 1870. The number of hydrogen-bond acceptors (Lipinski definition) is 8. The fourth-order valence-corrected chi connectivity index (χ4v) is 7.68. The first-order valence-corrected chi connectivity index (χ1v) is 18.4. The minimum absolute atomic E-state index is 0.00767. The molecule has 11 nitrogen and oxygen atoms in total. The number of carbonyl (C=O) groups is 2. The predicted octanol–water partition coefficient (Wildman–Crippen LogP) is 5.62. The highest BCUT2D eigenvalue weighted by Gasteiger charge is 2.47. The SMILES string of the molecule is Cc1cc(C(=O)N2CCC(C)(O)CC2)cc(C)c1/C=C/S(=O)(=O)N1CCC2(CC1)N=C(c1ccc(OC(F)(F)F)c(OCCCC(F)(F)F)c1)NC2=O. The van der Waals surface area contributed by atoms with E-state index in [0.717, 1.165) is 17.5 Å². The molecule has 3 heterocycles. The Morgan fingerprint density at radius 1 is 0.981 bits per heavy atom. The van der Waals surface area contributed by atoms with Crippen LogP contribution in [0.15, 0.2) is 40.7 Å². The fourth-order valence-electron chi connectivity index (χ4n) is 6.51. The van der Waals surface area contributed by atoms with E-state index in [9.17, 15) is 49.5 Å². The van der Waals surface area contributed by atoms with Crippen molar-refractivity contribution in [1.82, 2.24) is 14.5 Å². The van der Waals surface area contributed by atoms with Crippen LogP contribution in [0.3, 0.4) is 0 Å². The summed E-state index contributed by atoms with van der Waals surface area (Å²) in [6.45, 7) is 5.44. The van der Waals surface area contributed by atoms with E-state index in [1.165, 1.54) is 16.4 Å². The van der Waals surface area contributed by atoms with E-state index in [2.05, 4.69) is 15.0 Å². The molecule has 53 heavy (non-hydrogen) atoms. The van der Waals surface area contributed by atoms with E-state index in [-0.39, 0.29) is 43.2 Å². The van der Waals surface area contributed by atoms with Crippen LogP contribution < -0.4 is 14.8 Å². The molecule has 0 radical (unpaired) electrons. The van der Waals surface area contributed by atoms with Crippen LogP contribution in [0.4, 0.5) is 26.3 Å². The normalized spacial score (nSPS) is 19.4. The summed E-state index contributed by atoms with van der Waals surface area (Å²) in [6, 6.07) is 6.56. The summed E-state index contributed by atoms with van der Waals surface area (Å²) in [4.78, 5) is 32.5. The first-order valence-electron chi connectivity index (χ1n) is 16.9. The lowest BCUT2D eigenvalue weighted by atomic mass is 9.89. The molecule has 0 aromatic heterocycles. The molecule has 0 bridgehead atoms. The van der Waals surface area contributed by atoms with E-state index in [4.69, 9.17) is 4.74 Å². The average Bonchev–Trinajstić information content (AvgIpc) is 3.36. The highest BCUT2D eigenvalue weighted by atomic mass is 32.2. The Kier molecular flexibility index (Phi) is 11.3. The van der Waals surface area contributed by atoms with E-state index < -0.39 is 70.6 Å². The zero-order chi connectivity index (χ0) is 39.0. The maximum Gasteiger partial charge on any atom is 0.573 e. The lowest BCUT2D eigenvalue weighted by Gasteiger charge is -2.36. The number of rotatable bonds is 10. The van der Waals surface area contributed by atoms with E-state index in [1.54, 1.807) is 37.8 Å². The number of amides is 2. The maximum atomic E-state index is 13.4. The van der Waals surface area contributed by atoms with Crippen molar-refractivity contribution in [1.29, 1.82) is 0 Å². The Balaban J connectivity index is 1.26. The molecule has 5 rings (SSSR count). The standard InChI is InChI=1S/C35H40F6N4O7S/c1-22-19-25(30(46)44-13-9-32(3,48)10-14-44)20-23(2)26(22)7-18-53(49,50)45-15-11-33(12-16-45)31(47)42-29(43-33)24-5-6-27(52-35(39,40)41)28(21-24)51-17-4-8-34(36,37)38/h5-7,18-21,48H,4,8-17H2,1-3H3,(H,42,43,47)/b18-7+. The van der Waals surface area contributed by atoms with Crippen molar-refractivity contribution in [2.24, 2.45) is 4.99 Å². The number of aryl methyl sites for hydroxylation is 2. The number of alkyl halides is 6. The third-order valence-electron chi connectivity index (χ3n) is 9.57. The molecule has 3 aliphatic rings. The summed E-state index contributed by atoms with van der Waals surface area (Å²) < 4.78 is 114. The zero-order valence-corrected chi connectivity index (χ0v) is 30.1. The largest absolute Gasteiger partial charge is 0.573 e. The summed E-state index contributed by atoms with van der Waals surface area (Å²) in [5, 5.41) is 13.9. The first kappa shape index (κ1) is 40.0. The molecular formula is C35H40F6N4O7S. The van der Waals surface area contributed by atoms with Gasteiger partial charge in [0, 0.05) is 49.1 Å². The molecule has 2 aromatic rings. The monoisotopic (exact) mass is 774 g/mol. The molecule has 18 heteroatoms. The third-order valence-corrected chi connectivity index (χ3v) is 11.1. The molecule has 2 saturated heterocycles. The molecule has 0 unspecified atom stereocenters. The van der Waals surface area contributed by atoms with Gasteiger partial charge in [-0.3, -0.25) is 14.6 Å². The Morgan fingerprint density at radius 2 is 1.60 bits per heavy atom. The molecule has 0 aliphatic carbocycles. The van der Waals surface area contributed by atoms with Crippen LogP contribution in [0.1, 0.15) is 78.1 Å². The van der Waals surface area contributed by atoms with E-state index in [0.29, 0.717) is 48.2 Å². The van der Waals surface area contributed by atoms with Crippen LogP contribution in [0.25, 0.3) is 6.08 Å². The van der Waals surface area contributed by atoms with Gasteiger partial charge in [0.2, 0.25) is 10.0 Å². The fraction of sp³-hybridized carbons (Fsp3) is 0.514. The Labute approximate surface area is 302 Å². The summed E-state index contributed by atoms with van der Waals surface area (Å²) in [7, 11) is -3.96. The molecule has 290 valence electrons. The highest BCUT2D eigenvalue weighted by Crippen LogP contribution is 2.37. The van der Waals surface area contributed by atoms with Gasteiger partial charge in [0.1, 0.15) is 11.4 Å². The van der Waals surface area contributed by atoms with Gasteiger partial charge in [-0.15, -0.1) is 13.2 Å². The number of ether oxygens (including phenoxy) is 2. The summed E-state index contributed by atoms with van der Waals surface area (Å²) in [6.07, 6.45) is -8.94. The number of aliphatic imine (C=N–C) groups is 1. The average molecular weight is 775 g/mol. The molecule has 3 aliphatic heterocycles. The van der Waals surface area contributed by atoms with Gasteiger partial charge in [0.25, 0.3) is 11.8 Å². The number of nitrogens with zero attached hydrogens (tertiary/aromatic N) is 3. The van der Waals surface area contributed by atoms with Gasteiger partial charge in [-0.05, 0) is 106 Å². The molecule has 2 amide bonds. The zero-order valence-electron chi connectivity index (χ0n) is 29.2. The first-order chi connectivity index (χ1) is 24.6. The minimum atomic E-state index is -5.11. The van der Waals surface area contributed by atoms with Gasteiger partial charge in [-0.2, -0.15) is 17.5 Å². The van der Waals surface area contributed by atoms with Crippen LogP contribution in [0, 0.1) is 13.8 Å². The van der Waals surface area contributed by atoms with Crippen molar-refractivity contribution in [3.8, 4) is 11.5 Å². The lowest BCUT2D eigenvalue weighted by Crippen LogP contribution is -2.50. The van der Waals surface area contributed by atoms with Crippen molar-refractivity contribution in [2.45, 2.75) is 83.0 Å². The van der Waals surface area contributed by atoms with Gasteiger partial charge in [-0.25, -0.2) is 8.42 Å². The summed E-state index contributed by atoms with van der Waals surface area (Å²) >= 11 is 0. The van der Waals surface area contributed by atoms with Crippen LogP contribution in [-0.4, -0.2) is 96.8 Å². The molecule has 2 fully saturated rings. The van der Waals surface area contributed by atoms with Crippen molar-refractivity contribution in [3.63, 3.8) is 0 Å². The lowest BCUT2D eigenvalue weighted by molar-refractivity contribution is -0.275. The minimum Gasteiger partial charge on any atom is -0.490 e. The van der Waals surface area contributed by atoms with Crippen molar-refractivity contribution < 1.29 is 58.9 Å². The van der Waals surface area contributed by atoms with E-state index in [1.807, 2.05) is 0 Å². The van der Waals surface area contributed by atoms with Crippen LogP contribution in [0.5, 0.6) is 11.5 Å². The second kappa shape index (κ2) is 14.9. The van der Waals surface area contributed by atoms with Crippen LogP contribution >= 0.6 is 0 Å². The van der Waals surface area contributed by atoms with Crippen molar-refractivity contribution >= 4 is 33.7 Å². The van der Waals surface area contributed by atoms with Crippen molar-refractivity contribution in [2.75, 3.05) is 32.8 Å². The number of sulfonamides is 1. The molecule has 2 aromatic carbocycles. The Hall–Kier alpha value is -4.16. The number of likely N-dealkylation sites (tertiary alicyclic amines) is 1. The predicted molar refractivity (Wildman–Crippen MR) is 182 cm³/mol. The summed E-state index contributed by atoms with van der Waals surface area (Å²) in [5.74, 6) is -2.02. The smallest absolute Gasteiger partial charge is 0.490 e. The van der Waals surface area contributed by atoms with Gasteiger partial charge < -0.3 is 24.8 Å². The maximum absolute atomic E-state index is 13.4. The number of halogens is 6. The molecular weight excluding hydrogens is 734 g/mol. The quantitative estimate of drug-likeness (QED) is 0.236. The van der Waals surface area contributed by atoms with Crippen LogP contribution in [0.2, 0.25) is 0 Å². The van der Waals surface area contributed by atoms with Gasteiger partial charge in [-0.1, -0.05) is 0 Å². The third kappa shape index (κ3) is 9.89. The molecule has 1 spiro atoms.